The molecule has 0 saturated carbocycles. The second-order valence-electron chi connectivity index (χ2n) is 1.51. The van der Waals surface area contributed by atoms with Gasteiger partial charge in [0.05, 0.1) is 12.4 Å². The number of nitrogens with one attached hydrogen (secondary N) is 2. The van der Waals surface area contributed by atoms with Crippen LogP contribution >= 0.6 is 24.4 Å². The van der Waals surface area contributed by atoms with Crippen LogP contribution in [-0.2, 0) is 20.4 Å². The minimum atomic E-state index is 0. The van der Waals surface area contributed by atoms with Gasteiger partial charge in [0.25, 0.3) is 0 Å². The first-order valence-corrected chi connectivity index (χ1v) is 3.60. The molecular weight excluding hydrogens is 303 g/mol. The van der Waals surface area contributed by atoms with Crippen LogP contribution in [0.15, 0.2) is 10.2 Å². The van der Waals surface area contributed by atoms with Crippen molar-refractivity contribution in [1.82, 2.24) is 10.9 Å². The standard InChI is InChI=1S/C4H8N6S2.Pd/c5-3(11)9-7-1-2-8-10-4(6)12;/h1-2H,(H3,5,9,11)(H3,6,10,12);. The van der Waals surface area contributed by atoms with Crippen LogP contribution in [0.25, 0.3) is 0 Å². The molecular formula is C4H8N6PdS2. The Bertz CT molecular complexity index is 203. The molecule has 0 fully saturated rings. The van der Waals surface area contributed by atoms with Crippen LogP contribution < -0.4 is 22.3 Å². The molecule has 0 aromatic rings. The molecule has 0 rings (SSSR count). The van der Waals surface area contributed by atoms with E-state index < -0.39 is 0 Å². The Morgan fingerprint density at radius 2 is 1.31 bits per heavy atom. The second kappa shape index (κ2) is 9.47. The third kappa shape index (κ3) is 14.3. The Morgan fingerprint density at radius 3 is 1.54 bits per heavy atom. The van der Waals surface area contributed by atoms with E-state index in [0.29, 0.717) is 0 Å². The summed E-state index contributed by atoms with van der Waals surface area (Å²) in [6.45, 7) is 0. The second-order valence-corrected chi connectivity index (χ2v) is 2.39. The maximum Gasteiger partial charge on any atom is 0.184 e. The molecule has 9 heteroatoms. The average molecular weight is 311 g/mol. The van der Waals surface area contributed by atoms with Crippen LogP contribution in [-0.4, -0.2) is 22.7 Å². The van der Waals surface area contributed by atoms with Crippen LogP contribution in [0.5, 0.6) is 0 Å². The summed E-state index contributed by atoms with van der Waals surface area (Å²) < 4.78 is 0. The van der Waals surface area contributed by atoms with Crippen LogP contribution in [0, 0.1) is 0 Å². The molecule has 6 N–H and O–H groups in total. The first-order valence-electron chi connectivity index (χ1n) is 2.78. The third-order valence-electron chi connectivity index (χ3n) is 0.565. The van der Waals surface area contributed by atoms with Gasteiger partial charge in [0.2, 0.25) is 0 Å². The molecule has 0 spiro atoms. The molecule has 0 aromatic carbocycles. The SMILES string of the molecule is NC(=S)NN=CC=NNC(N)=S.[Pd]. The molecule has 0 aromatic heterocycles. The molecule has 0 heterocycles. The predicted molar refractivity (Wildman–Crippen MR) is 56.8 cm³/mol. The van der Waals surface area contributed by atoms with E-state index >= 15 is 0 Å². The van der Waals surface area contributed by atoms with E-state index in [1.54, 1.807) is 0 Å². The largest absolute Gasteiger partial charge is 0.375 e. The smallest absolute Gasteiger partial charge is 0.184 e. The molecule has 0 unspecified atom stereocenters. The maximum atomic E-state index is 5.06. The number of hydrogen-bond donors (Lipinski definition) is 4. The molecule has 13 heavy (non-hydrogen) atoms. The summed E-state index contributed by atoms with van der Waals surface area (Å²) in [7, 11) is 0. The van der Waals surface area contributed by atoms with E-state index in [-0.39, 0.29) is 30.6 Å². The van der Waals surface area contributed by atoms with Crippen molar-refractivity contribution in [2.75, 3.05) is 0 Å². The molecule has 0 aliphatic rings. The summed E-state index contributed by atoms with van der Waals surface area (Å²) in [5.74, 6) is 0. The number of thiocarbonyl (C=S) groups is 2. The average Bonchev–Trinajstić information content (AvgIpc) is 1.95. The molecule has 0 atom stereocenters. The zero-order valence-corrected chi connectivity index (χ0v) is 9.52. The van der Waals surface area contributed by atoms with Gasteiger partial charge in [-0.05, 0) is 24.4 Å². The predicted octanol–water partition coefficient (Wildman–Crippen LogP) is -1.38. The number of nitrogens with zero attached hydrogens (tertiary/aromatic N) is 2. The molecule has 0 saturated heterocycles. The van der Waals surface area contributed by atoms with Gasteiger partial charge in [-0.25, -0.2) is 0 Å². The van der Waals surface area contributed by atoms with E-state index in [9.17, 15) is 0 Å². The molecule has 0 bridgehead atoms. The number of hydrazone groups is 2. The normalized spacial score (nSPS) is 9.54. The van der Waals surface area contributed by atoms with Crippen molar-refractivity contribution in [2.24, 2.45) is 21.7 Å². The van der Waals surface area contributed by atoms with Crippen molar-refractivity contribution in [3.63, 3.8) is 0 Å². The van der Waals surface area contributed by atoms with Gasteiger partial charge in [-0.3, -0.25) is 10.9 Å². The van der Waals surface area contributed by atoms with Crippen LogP contribution in [0.1, 0.15) is 0 Å². The van der Waals surface area contributed by atoms with Crippen molar-refractivity contribution in [1.29, 1.82) is 0 Å². The maximum absolute atomic E-state index is 5.06. The van der Waals surface area contributed by atoms with Crippen molar-refractivity contribution in [2.45, 2.75) is 0 Å². The Kier molecular flexibility index (Phi) is 10.8. The van der Waals surface area contributed by atoms with Gasteiger partial charge in [-0.2, -0.15) is 10.2 Å². The summed E-state index contributed by atoms with van der Waals surface area (Å²) >= 11 is 8.93. The molecule has 0 aliphatic carbocycles. The van der Waals surface area contributed by atoms with Crippen molar-refractivity contribution < 1.29 is 20.4 Å². The Morgan fingerprint density at radius 1 is 1.00 bits per heavy atom. The fourth-order valence-corrected chi connectivity index (χ4v) is 0.374. The van der Waals surface area contributed by atoms with E-state index in [0.717, 1.165) is 0 Å². The topological polar surface area (TPSA) is 101 Å². The number of hydrogen-bond acceptors (Lipinski definition) is 4. The Hall–Kier alpha value is -0.618. The summed E-state index contributed by atoms with van der Waals surface area (Å²) in [6, 6.07) is 0. The van der Waals surface area contributed by atoms with E-state index in [1.165, 1.54) is 12.4 Å². The van der Waals surface area contributed by atoms with E-state index in [4.69, 9.17) is 11.5 Å². The summed E-state index contributed by atoms with van der Waals surface area (Å²) in [6.07, 6.45) is 2.68. The summed E-state index contributed by atoms with van der Waals surface area (Å²) in [4.78, 5) is 0. The first kappa shape index (κ1) is 14.9. The van der Waals surface area contributed by atoms with Crippen LogP contribution in [0.4, 0.5) is 0 Å². The molecule has 6 nitrogen and oxygen atoms in total. The zero-order valence-electron chi connectivity index (χ0n) is 6.34. The number of nitrogens with two attached hydrogens (primary N) is 2. The quantitative estimate of drug-likeness (QED) is 0.222. The van der Waals surface area contributed by atoms with Gasteiger partial charge < -0.3 is 11.5 Å². The van der Waals surface area contributed by atoms with Crippen LogP contribution in [0.2, 0.25) is 0 Å². The van der Waals surface area contributed by atoms with Gasteiger partial charge in [-0.15, -0.1) is 0 Å². The fourth-order valence-electron chi connectivity index (χ4n) is 0.268. The molecule has 0 radical (unpaired) electrons. The van der Waals surface area contributed by atoms with Gasteiger partial charge in [0.15, 0.2) is 10.2 Å². The van der Waals surface area contributed by atoms with Gasteiger partial charge in [0, 0.05) is 20.4 Å². The number of rotatable bonds is 3. The molecule has 0 amide bonds. The van der Waals surface area contributed by atoms with Gasteiger partial charge in [-0.1, -0.05) is 0 Å². The first-order chi connectivity index (χ1) is 5.63. The monoisotopic (exact) mass is 310 g/mol. The fraction of sp³-hybridized carbons (Fsp3) is 0. The Labute approximate surface area is 99.8 Å². The van der Waals surface area contributed by atoms with E-state index in [1.807, 2.05) is 0 Å². The summed E-state index contributed by atoms with van der Waals surface area (Å²) in [5, 5.41) is 7.28. The Balaban J connectivity index is 0. The van der Waals surface area contributed by atoms with Gasteiger partial charge in [0.1, 0.15) is 0 Å². The third-order valence-corrected chi connectivity index (χ3v) is 0.748. The van der Waals surface area contributed by atoms with Crippen molar-refractivity contribution >= 4 is 47.1 Å². The van der Waals surface area contributed by atoms with E-state index in [2.05, 4.69) is 45.5 Å². The van der Waals surface area contributed by atoms with Gasteiger partial charge >= 0.3 is 0 Å². The van der Waals surface area contributed by atoms with Crippen LogP contribution in [0.3, 0.4) is 0 Å². The minimum Gasteiger partial charge on any atom is -0.375 e. The minimum absolute atomic E-state index is 0. The molecule has 76 valence electrons. The van der Waals surface area contributed by atoms with Crippen molar-refractivity contribution in [3.05, 3.63) is 0 Å². The molecule has 0 aliphatic heterocycles. The zero-order chi connectivity index (χ0) is 9.40. The van der Waals surface area contributed by atoms with Crippen molar-refractivity contribution in [3.8, 4) is 0 Å². The summed E-state index contributed by atoms with van der Waals surface area (Å²) in [5.41, 5.74) is 14.8.